The zero-order chi connectivity index (χ0) is 26.2. The lowest BCUT2D eigenvalue weighted by molar-refractivity contribution is -0.120. The number of nitrogens with zero attached hydrogens (tertiary/aromatic N) is 5. The third-order valence-electron chi connectivity index (χ3n) is 7.45. The summed E-state index contributed by atoms with van der Waals surface area (Å²) < 4.78 is 0. The summed E-state index contributed by atoms with van der Waals surface area (Å²) in [7, 11) is 0. The van der Waals surface area contributed by atoms with Crippen LogP contribution < -0.4 is 5.32 Å². The molecule has 39 heavy (non-hydrogen) atoms. The molecular formula is C30H26N8O. The number of carbonyl (C=O) groups is 1. The molecule has 1 aliphatic rings. The van der Waals surface area contributed by atoms with Crippen molar-refractivity contribution in [2.45, 2.75) is 32.1 Å². The molecule has 1 aliphatic carbocycles. The highest BCUT2D eigenvalue weighted by atomic mass is 16.1. The maximum Gasteiger partial charge on any atom is 0.227 e. The molecule has 0 bridgehead atoms. The van der Waals surface area contributed by atoms with E-state index in [1.54, 1.807) is 31.0 Å². The van der Waals surface area contributed by atoms with Crippen molar-refractivity contribution in [3.05, 3.63) is 73.4 Å². The van der Waals surface area contributed by atoms with Crippen molar-refractivity contribution >= 4 is 33.5 Å². The molecule has 0 atom stereocenters. The van der Waals surface area contributed by atoms with Gasteiger partial charge in [0.05, 0.1) is 40.7 Å². The highest BCUT2D eigenvalue weighted by molar-refractivity contribution is 6.00. The number of nitrogens with one attached hydrogen (secondary N) is 3. The lowest BCUT2D eigenvalue weighted by Crippen LogP contribution is -2.24. The predicted octanol–water partition coefficient (Wildman–Crippen LogP) is 6.14. The molecule has 6 aromatic rings. The first kappa shape index (κ1) is 23.2. The summed E-state index contributed by atoms with van der Waals surface area (Å²) >= 11 is 0. The van der Waals surface area contributed by atoms with E-state index in [1.165, 1.54) is 6.42 Å². The van der Waals surface area contributed by atoms with Gasteiger partial charge < -0.3 is 10.3 Å². The van der Waals surface area contributed by atoms with E-state index in [1.807, 2.05) is 36.4 Å². The maximum absolute atomic E-state index is 12.8. The van der Waals surface area contributed by atoms with Gasteiger partial charge in [-0.2, -0.15) is 5.10 Å². The van der Waals surface area contributed by atoms with Crippen LogP contribution in [0.1, 0.15) is 32.1 Å². The van der Waals surface area contributed by atoms with Crippen molar-refractivity contribution in [2.24, 2.45) is 5.92 Å². The molecule has 1 saturated carbocycles. The van der Waals surface area contributed by atoms with E-state index in [0.29, 0.717) is 5.69 Å². The first-order valence-corrected chi connectivity index (χ1v) is 13.2. The number of anilines is 1. The molecule has 0 aliphatic heterocycles. The van der Waals surface area contributed by atoms with E-state index < -0.39 is 0 Å². The van der Waals surface area contributed by atoms with Crippen LogP contribution in [-0.4, -0.2) is 41.0 Å². The number of rotatable bonds is 5. The highest BCUT2D eigenvalue weighted by Gasteiger charge is 2.21. The Kier molecular flexibility index (Phi) is 5.81. The topological polar surface area (TPSA) is 125 Å². The number of fused-ring (bicyclic) bond motifs is 2. The van der Waals surface area contributed by atoms with E-state index in [0.717, 1.165) is 81.5 Å². The van der Waals surface area contributed by atoms with Crippen molar-refractivity contribution in [3.8, 4) is 33.9 Å². The molecule has 7 rings (SSSR count). The number of aromatic nitrogens is 7. The number of amides is 1. The van der Waals surface area contributed by atoms with Crippen molar-refractivity contribution in [1.29, 1.82) is 0 Å². The van der Waals surface area contributed by atoms with Gasteiger partial charge >= 0.3 is 0 Å². The van der Waals surface area contributed by atoms with E-state index in [9.17, 15) is 4.79 Å². The lowest BCUT2D eigenvalue weighted by atomic mass is 9.88. The van der Waals surface area contributed by atoms with E-state index in [4.69, 9.17) is 0 Å². The quantitative estimate of drug-likeness (QED) is 0.254. The van der Waals surface area contributed by atoms with Gasteiger partial charge in [0.2, 0.25) is 5.91 Å². The standard InChI is InChI=1S/C30H26N8O/c39-30(18-6-2-1-3-7-18)35-20-12-19(15-31-16-20)25-14-23-27(17-34-25)37-38-28(23)26-13-22-21(9-11-33-29(22)36-26)24-8-4-5-10-32-24/h4-5,8-18H,1-3,6-7H2,(H,33,36)(H,35,39)(H,37,38). The molecule has 0 saturated heterocycles. The Morgan fingerprint density at radius 2 is 1.79 bits per heavy atom. The summed E-state index contributed by atoms with van der Waals surface area (Å²) in [6, 6.07) is 13.8. The Morgan fingerprint density at radius 3 is 2.67 bits per heavy atom. The van der Waals surface area contributed by atoms with Gasteiger partial charge in [-0.3, -0.25) is 24.8 Å². The molecule has 0 unspecified atom stereocenters. The summed E-state index contributed by atoms with van der Waals surface area (Å²) in [6.07, 6.45) is 14.1. The first-order chi connectivity index (χ1) is 19.2. The number of hydrogen-bond donors (Lipinski definition) is 3. The molecule has 0 spiro atoms. The first-order valence-electron chi connectivity index (χ1n) is 13.2. The zero-order valence-corrected chi connectivity index (χ0v) is 21.2. The van der Waals surface area contributed by atoms with Gasteiger partial charge in [0.15, 0.2) is 0 Å². The van der Waals surface area contributed by atoms with Crippen LogP contribution in [0.15, 0.2) is 73.4 Å². The second-order valence-corrected chi connectivity index (χ2v) is 9.99. The molecule has 6 aromatic heterocycles. The fourth-order valence-electron chi connectivity index (χ4n) is 5.44. The Balaban J connectivity index is 1.23. The number of carbonyl (C=O) groups excluding carboxylic acids is 1. The summed E-state index contributed by atoms with van der Waals surface area (Å²) in [5.41, 5.74) is 7.34. The Labute approximate surface area is 224 Å². The monoisotopic (exact) mass is 514 g/mol. The van der Waals surface area contributed by atoms with Crippen LogP contribution in [0.3, 0.4) is 0 Å². The third kappa shape index (κ3) is 4.41. The number of pyridine rings is 4. The van der Waals surface area contributed by atoms with Crippen LogP contribution >= 0.6 is 0 Å². The van der Waals surface area contributed by atoms with Gasteiger partial charge in [-0.1, -0.05) is 25.3 Å². The second kappa shape index (κ2) is 9.75. The molecule has 3 N–H and O–H groups in total. The largest absolute Gasteiger partial charge is 0.338 e. The smallest absolute Gasteiger partial charge is 0.227 e. The fourth-order valence-corrected chi connectivity index (χ4v) is 5.44. The van der Waals surface area contributed by atoms with Crippen LogP contribution in [0.2, 0.25) is 0 Å². The third-order valence-corrected chi connectivity index (χ3v) is 7.45. The Morgan fingerprint density at radius 1 is 0.872 bits per heavy atom. The average molecular weight is 515 g/mol. The Hall–Kier alpha value is -4.92. The fraction of sp³-hybridized carbons (Fsp3) is 0.200. The minimum Gasteiger partial charge on any atom is -0.338 e. The number of H-pyrrole nitrogens is 2. The zero-order valence-electron chi connectivity index (χ0n) is 21.2. The van der Waals surface area contributed by atoms with Gasteiger partial charge in [-0.05, 0) is 49.2 Å². The predicted molar refractivity (Wildman–Crippen MR) is 151 cm³/mol. The van der Waals surface area contributed by atoms with Gasteiger partial charge in [0, 0.05) is 46.4 Å². The molecule has 192 valence electrons. The summed E-state index contributed by atoms with van der Waals surface area (Å²) in [4.78, 5) is 34.2. The molecular weight excluding hydrogens is 488 g/mol. The number of aromatic amines is 2. The van der Waals surface area contributed by atoms with Gasteiger partial charge in [0.1, 0.15) is 11.3 Å². The summed E-state index contributed by atoms with van der Waals surface area (Å²) in [5, 5.41) is 12.6. The van der Waals surface area contributed by atoms with Crippen LogP contribution in [0, 0.1) is 5.92 Å². The molecule has 9 heteroatoms. The molecule has 1 fully saturated rings. The van der Waals surface area contributed by atoms with Gasteiger partial charge in [-0.25, -0.2) is 4.98 Å². The average Bonchev–Trinajstić information content (AvgIpc) is 3.62. The van der Waals surface area contributed by atoms with Crippen LogP contribution in [0.4, 0.5) is 5.69 Å². The van der Waals surface area contributed by atoms with E-state index in [2.05, 4.69) is 46.5 Å². The van der Waals surface area contributed by atoms with Crippen LogP contribution in [-0.2, 0) is 4.79 Å². The van der Waals surface area contributed by atoms with Crippen molar-refractivity contribution in [3.63, 3.8) is 0 Å². The molecule has 0 radical (unpaired) electrons. The number of hydrogen-bond acceptors (Lipinski definition) is 6. The second-order valence-electron chi connectivity index (χ2n) is 9.99. The van der Waals surface area contributed by atoms with Crippen LogP contribution in [0.25, 0.3) is 55.8 Å². The van der Waals surface area contributed by atoms with Crippen molar-refractivity contribution < 1.29 is 4.79 Å². The van der Waals surface area contributed by atoms with Crippen LogP contribution in [0.5, 0.6) is 0 Å². The van der Waals surface area contributed by atoms with Crippen molar-refractivity contribution in [2.75, 3.05) is 5.32 Å². The highest BCUT2D eigenvalue weighted by Crippen LogP contribution is 2.34. The summed E-state index contributed by atoms with van der Waals surface area (Å²) in [6.45, 7) is 0. The molecule has 1 amide bonds. The Bertz CT molecular complexity index is 1800. The van der Waals surface area contributed by atoms with Gasteiger partial charge in [-0.15, -0.1) is 0 Å². The van der Waals surface area contributed by atoms with Crippen molar-refractivity contribution in [1.82, 2.24) is 35.1 Å². The molecule has 9 nitrogen and oxygen atoms in total. The van der Waals surface area contributed by atoms with Gasteiger partial charge in [0.25, 0.3) is 0 Å². The summed E-state index contributed by atoms with van der Waals surface area (Å²) in [5.74, 6) is 0.154. The SMILES string of the molecule is O=C(Nc1cncc(-c2cc3c(-c4cc5c(-c6ccccn6)ccnc5[nH]4)n[nH]c3cn2)c1)C1CCCCC1. The maximum atomic E-state index is 12.8. The normalized spacial score (nSPS) is 14.2. The van der Waals surface area contributed by atoms with E-state index >= 15 is 0 Å². The minimum absolute atomic E-state index is 0.0756. The lowest BCUT2D eigenvalue weighted by Gasteiger charge is -2.20. The molecule has 6 heterocycles. The molecule has 0 aromatic carbocycles. The minimum atomic E-state index is 0.0756. The van der Waals surface area contributed by atoms with E-state index in [-0.39, 0.29) is 11.8 Å².